The topological polar surface area (TPSA) is 52.6 Å². The molecule has 0 aliphatic carbocycles. The van der Waals surface area contributed by atoms with Crippen LogP contribution in [0.25, 0.3) is 0 Å². The van der Waals surface area contributed by atoms with E-state index in [2.05, 4.69) is 17.1 Å². The van der Waals surface area contributed by atoms with E-state index in [1.54, 1.807) is 11.2 Å². The van der Waals surface area contributed by atoms with Crippen LogP contribution in [0.1, 0.15) is 39.5 Å². The molecule has 0 atom stereocenters. The van der Waals surface area contributed by atoms with Crippen molar-refractivity contribution >= 4 is 10.0 Å². The van der Waals surface area contributed by atoms with E-state index in [1.165, 1.54) is 25.9 Å². The maximum atomic E-state index is 11.8. The molecule has 0 aromatic carbocycles. The van der Waals surface area contributed by atoms with Crippen LogP contribution in [0.4, 0.5) is 0 Å². The monoisotopic (exact) mass is 303 g/mol. The zero-order valence-corrected chi connectivity index (χ0v) is 13.7. The molecule has 1 N–H and O–H groups in total. The second kappa shape index (κ2) is 7.20. The Morgan fingerprint density at radius 3 is 1.90 bits per heavy atom. The Balaban J connectivity index is 1.72. The van der Waals surface area contributed by atoms with Crippen molar-refractivity contribution in [2.45, 2.75) is 51.6 Å². The molecular formula is C14H29N3O2S. The van der Waals surface area contributed by atoms with Gasteiger partial charge >= 0.3 is 0 Å². The van der Waals surface area contributed by atoms with E-state index >= 15 is 0 Å². The van der Waals surface area contributed by atoms with E-state index < -0.39 is 10.0 Å². The summed E-state index contributed by atoms with van der Waals surface area (Å²) in [4.78, 5) is 2.49. The molecule has 0 aromatic rings. The summed E-state index contributed by atoms with van der Waals surface area (Å²) in [5.74, 6) is 0.223. The average molecular weight is 303 g/mol. The molecule has 2 fully saturated rings. The van der Waals surface area contributed by atoms with Crippen LogP contribution in [-0.2, 0) is 10.0 Å². The lowest BCUT2D eigenvalue weighted by Crippen LogP contribution is -2.50. The SMILES string of the molecule is CCN1CCC(NC2CCN(S(=O)(=O)CC)CC2)CC1. The first-order valence-electron chi connectivity index (χ1n) is 8.01. The number of nitrogens with one attached hydrogen (secondary N) is 1. The van der Waals surface area contributed by atoms with Gasteiger partial charge in [0.05, 0.1) is 5.75 Å². The third kappa shape index (κ3) is 4.16. The van der Waals surface area contributed by atoms with Gasteiger partial charge in [0.1, 0.15) is 0 Å². The minimum Gasteiger partial charge on any atom is -0.311 e. The van der Waals surface area contributed by atoms with Gasteiger partial charge in [-0.1, -0.05) is 6.92 Å². The maximum Gasteiger partial charge on any atom is 0.213 e. The van der Waals surface area contributed by atoms with Crippen molar-refractivity contribution < 1.29 is 8.42 Å². The Bertz CT molecular complexity index is 383. The Morgan fingerprint density at radius 2 is 1.45 bits per heavy atom. The fourth-order valence-corrected chi connectivity index (χ4v) is 4.36. The lowest BCUT2D eigenvalue weighted by atomic mass is 10.0. The Morgan fingerprint density at radius 1 is 0.950 bits per heavy atom. The van der Waals surface area contributed by atoms with E-state index in [-0.39, 0.29) is 5.75 Å². The van der Waals surface area contributed by atoms with E-state index in [1.807, 2.05) is 0 Å². The van der Waals surface area contributed by atoms with Crippen molar-refractivity contribution in [3.8, 4) is 0 Å². The Hall–Kier alpha value is -0.170. The number of sulfonamides is 1. The predicted molar refractivity (Wildman–Crippen MR) is 82.3 cm³/mol. The van der Waals surface area contributed by atoms with E-state index in [0.29, 0.717) is 25.2 Å². The molecule has 0 spiro atoms. The summed E-state index contributed by atoms with van der Waals surface area (Å²) in [5, 5.41) is 3.74. The average Bonchev–Trinajstić information content (AvgIpc) is 2.48. The van der Waals surface area contributed by atoms with Crippen molar-refractivity contribution in [2.75, 3.05) is 38.5 Å². The van der Waals surface area contributed by atoms with Gasteiger partial charge in [-0.3, -0.25) is 0 Å². The van der Waals surface area contributed by atoms with Crippen molar-refractivity contribution in [3.05, 3.63) is 0 Å². The molecule has 0 radical (unpaired) electrons. The molecule has 0 unspecified atom stereocenters. The minimum atomic E-state index is -2.99. The zero-order chi connectivity index (χ0) is 14.6. The predicted octanol–water partition coefficient (Wildman–Crippen LogP) is 0.874. The number of piperidine rings is 2. The van der Waals surface area contributed by atoms with E-state index in [9.17, 15) is 8.42 Å². The van der Waals surface area contributed by atoms with Crippen LogP contribution < -0.4 is 5.32 Å². The first-order chi connectivity index (χ1) is 9.55. The lowest BCUT2D eigenvalue weighted by molar-refractivity contribution is 0.185. The van der Waals surface area contributed by atoms with Crippen LogP contribution >= 0.6 is 0 Å². The molecule has 0 amide bonds. The molecule has 118 valence electrons. The third-order valence-corrected chi connectivity index (χ3v) is 6.60. The number of rotatable bonds is 5. The molecule has 0 saturated carbocycles. The summed E-state index contributed by atoms with van der Waals surface area (Å²) >= 11 is 0. The Labute approximate surface area is 123 Å². The second-order valence-electron chi connectivity index (χ2n) is 5.95. The van der Waals surface area contributed by atoms with Gasteiger partial charge in [0, 0.05) is 25.2 Å². The normalized spacial score (nSPS) is 25.1. The van der Waals surface area contributed by atoms with Gasteiger partial charge in [0.25, 0.3) is 0 Å². The third-order valence-electron chi connectivity index (χ3n) is 4.72. The lowest BCUT2D eigenvalue weighted by Gasteiger charge is -2.37. The summed E-state index contributed by atoms with van der Waals surface area (Å²) in [6, 6.07) is 1.12. The molecule has 20 heavy (non-hydrogen) atoms. The van der Waals surface area contributed by atoms with Crippen LogP contribution in [0, 0.1) is 0 Å². The standard InChI is InChI=1S/C14H29N3O2S/c1-3-16-9-5-13(6-10-16)15-14-7-11-17(12-8-14)20(18,19)4-2/h13-15H,3-12H2,1-2H3. The summed E-state index contributed by atoms with van der Waals surface area (Å²) in [5.41, 5.74) is 0. The summed E-state index contributed by atoms with van der Waals surface area (Å²) in [7, 11) is -2.99. The maximum absolute atomic E-state index is 11.8. The fraction of sp³-hybridized carbons (Fsp3) is 1.00. The van der Waals surface area contributed by atoms with Gasteiger partial charge < -0.3 is 10.2 Å². The molecule has 2 saturated heterocycles. The molecule has 2 heterocycles. The second-order valence-corrected chi connectivity index (χ2v) is 8.21. The van der Waals surface area contributed by atoms with Crippen LogP contribution in [0.2, 0.25) is 0 Å². The van der Waals surface area contributed by atoms with Gasteiger partial charge in [0.2, 0.25) is 10.0 Å². The van der Waals surface area contributed by atoms with Crippen molar-refractivity contribution in [1.82, 2.24) is 14.5 Å². The highest BCUT2D eigenvalue weighted by Gasteiger charge is 2.28. The first-order valence-corrected chi connectivity index (χ1v) is 9.62. The summed E-state index contributed by atoms with van der Waals surface area (Å²) < 4.78 is 25.3. The molecular weight excluding hydrogens is 274 g/mol. The Kier molecular flexibility index (Phi) is 5.84. The van der Waals surface area contributed by atoms with Gasteiger partial charge in [-0.25, -0.2) is 12.7 Å². The number of hydrogen-bond acceptors (Lipinski definition) is 4. The zero-order valence-electron chi connectivity index (χ0n) is 12.8. The minimum absolute atomic E-state index is 0.223. The van der Waals surface area contributed by atoms with Crippen LogP contribution in [0.3, 0.4) is 0 Å². The molecule has 2 aliphatic heterocycles. The number of nitrogens with zero attached hydrogens (tertiary/aromatic N) is 2. The summed E-state index contributed by atoms with van der Waals surface area (Å²) in [6.45, 7) is 8.84. The van der Waals surface area contributed by atoms with E-state index in [4.69, 9.17) is 0 Å². The summed E-state index contributed by atoms with van der Waals surface area (Å²) in [6.07, 6.45) is 4.35. The number of hydrogen-bond donors (Lipinski definition) is 1. The molecule has 2 rings (SSSR count). The smallest absolute Gasteiger partial charge is 0.213 e. The molecule has 2 aliphatic rings. The van der Waals surface area contributed by atoms with Crippen molar-refractivity contribution in [1.29, 1.82) is 0 Å². The van der Waals surface area contributed by atoms with Gasteiger partial charge in [-0.05, 0) is 52.2 Å². The van der Waals surface area contributed by atoms with Crippen molar-refractivity contribution in [3.63, 3.8) is 0 Å². The highest BCUT2D eigenvalue weighted by Crippen LogP contribution is 2.17. The highest BCUT2D eigenvalue weighted by atomic mass is 32.2. The van der Waals surface area contributed by atoms with E-state index in [0.717, 1.165) is 19.4 Å². The van der Waals surface area contributed by atoms with Crippen LogP contribution in [-0.4, -0.2) is 68.2 Å². The quantitative estimate of drug-likeness (QED) is 0.819. The van der Waals surface area contributed by atoms with Gasteiger partial charge in [-0.15, -0.1) is 0 Å². The van der Waals surface area contributed by atoms with Crippen LogP contribution in [0.5, 0.6) is 0 Å². The molecule has 5 nitrogen and oxygen atoms in total. The van der Waals surface area contributed by atoms with Crippen LogP contribution in [0.15, 0.2) is 0 Å². The van der Waals surface area contributed by atoms with Gasteiger partial charge in [0.15, 0.2) is 0 Å². The number of likely N-dealkylation sites (tertiary alicyclic amines) is 1. The molecule has 0 bridgehead atoms. The van der Waals surface area contributed by atoms with Gasteiger partial charge in [-0.2, -0.15) is 0 Å². The largest absolute Gasteiger partial charge is 0.311 e. The molecule has 6 heteroatoms. The van der Waals surface area contributed by atoms with Crippen molar-refractivity contribution in [2.24, 2.45) is 0 Å². The fourth-order valence-electron chi connectivity index (χ4n) is 3.23. The first kappa shape index (κ1) is 16.2. The molecule has 0 aromatic heterocycles. The highest BCUT2D eigenvalue weighted by molar-refractivity contribution is 7.89.